The average molecular weight is 486 g/mol. The molecule has 3 heterocycles. The van der Waals surface area contributed by atoms with Gasteiger partial charge < -0.3 is 18.9 Å². The zero-order valence-corrected chi connectivity index (χ0v) is 19.7. The predicted octanol–water partition coefficient (Wildman–Crippen LogP) is 5.04. The maximum Gasteiger partial charge on any atom is 0.432 e. The van der Waals surface area contributed by atoms with Gasteiger partial charge in [-0.15, -0.1) is 0 Å². The Balaban J connectivity index is 1.17. The quantitative estimate of drug-likeness (QED) is 0.418. The highest BCUT2D eigenvalue weighted by Gasteiger charge is 2.68. The lowest BCUT2D eigenvalue weighted by Crippen LogP contribution is -2.57. The third kappa shape index (κ3) is 4.39. The average Bonchev–Trinajstić information content (AvgIpc) is 3.63. The van der Waals surface area contributed by atoms with Crippen molar-refractivity contribution in [1.29, 1.82) is 0 Å². The SMILES string of the molecule is O=C(OCc1ccccc1)N1N=NC2C1C1CC(OCc3ccccc3)(OCc3ccccc3)C2O1. The molecular formula is C28H27N3O5. The molecule has 0 spiro atoms. The lowest BCUT2D eigenvalue weighted by Gasteiger charge is -2.38. The minimum atomic E-state index is -1.000. The summed E-state index contributed by atoms with van der Waals surface area (Å²) in [6, 6.07) is 28.7. The smallest absolute Gasteiger partial charge is 0.432 e. The molecule has 3 aromatic rings. The van der Waals surface area contributed by atoms with E-state index in [2.05, 4.69) is 10.3 Å². The maximum atomic E-state index is 12.9. The number of rotatable bonds is 8. The normalized spacial score (nSPS) is 25.2. The van der Waals surface area contributed by atoms with Crippen LogP contribution in [-0.2, 0) is 38.8 Å². The van der Waals surface area contributed by atoms with E-state index in [1.165, 1.54) is 5.01 Å². The molecule has 3 aliphatic rings. The number of carbonyl (C=O) groups is 1. The number of fused-ring (bicyclic) bond motifs is 5. The van der Waals surface area contributed by atoms with Crippen molar-refractivity contribution < 1.29 is 23.7 Å². The van der Waals surface area contributed by atoms with Crippen molar-refractivity contribution in [3.05, 3.63) is 108 Å². The second-order valence-electron chi connectivity index (χ2n) is 9.23. The molecule has 3 aliphatic heterocycles. The summed E-state index contributed by atoms with van der Waals surface area (Å²) in [5.74, 6) is -1.000. The largest absolute Gasteiger partial charge is 0.443 e. The van der Waals surface area contributed by atoms with Gasteiger partial charge in [0.1, 0.15) is 24.8 Å². The van der Waals surface area contributed by atoms with Gasteiger partial charge in [0, 0.05) is 6.42 Å². The van der Waals surface area contributed by atoms with Gasteiger partial charge in [-0.3, -0.25) is 0 Å². The molecule has 6 rings (SSSR count). The van der Waals surface area contributed by atoms with E-state index in [9.17, 15) is 4.79 Å². The fraction of sp³-hybridized carbons (Fsp3) is 0.321. The van der Waals surface area contributed by atoms with Crippen LogP contribution < -0.4 is 0 Å². The fourth-order valence-electron chi connectivity index (χ4n) is 5.11. The van der Waals surface area contributed by atoms with Crippen molar-refractivity contribution in [2.75, 3.05) is 0 Å². The predicted molar refractivity (Wildman–Crippen MR) is 129 cm³/mol. The Labute approximate surface area is 209 Å². The molecular weight excluding hydrogens is 458 g/mol. The van der Waals surface area contributed by atoms with Crippen molar-refractivity contribution in [2.24, 2.45) is 10.3 Å². The summed E-state index contributed by atoms with van der Waals surface area (Å²) in [6.07, 6.45) is -0.889. The molecule has 0 saturated carbocycles. The molecule has 0 N–H and O–H groups in total. The first-order valence-corrected chi connectivity index (χ1v) is 12.1. The molecule has 2 saturated heterocycles. The molecule has 0 radical (unpaired) electrons. The summed E-state index contributed by atoms with van der Waals surface area (Å²) < 4.78 is 24.7. The van der Waals surface area contributed by atoms with Crippen LogP contribution in [0.4, 0.5) is 4.79 Å². The maximum absolute atomic E-state index is 12.9. The Morgan fingerprint density at radius 2 is 1.36 bits per heavy atom. The van der Waals surface area contributed by atoms with Gasteiger partial charge in [-0.2, -0.15) is 10.1 Å². The van der Waals surface area contributed by atoms with Crippen LogP contribution in [0.15, 0.2) is 101 Å². The van der Waals surface area contributed by atoms with E-state index < -0.39 is 18.0 Å². The second kappa shape index (κ2) is 9.81. The summed E-state index contributed by atoms with van der Waals surface area (Å²) in [7, 11) is 0. The number of nitrogens with zero attached hydrogens (tertiary/aromatic N) is 3. The highest BCUT2D eigenvalue weighted by molar-refractivity contribution is 5.68. The zero-order chi connectivity index (χ0) is 24.4. The first kappa shape index (κ1) is 22.8. The molecule has 4 atom stereocenters. The summed E-state index contributed by atoms with van der Waals surface area (Å²) in [4.78, 5) is 12.9. The summed E-state index contributed by atoms with van der Waals surface area (Å²) in [5.41, 5.74) is 2.99. The third-order valence-corrected chi connectivity index (χ3v) is 6.89. The molecule has 1 amide bonds. The van der Waals surface area contributed by atoms with Crippen LogP contribution in [0.3, 0.4) is 0 Å². The van der Waals surface area contributed by atoms with E-state index in [-0.39, 0.29) is 24.8 Å². The van der Waals surface area contributed by atoms with Crippen LogP contribution >= 0.6 is 0 Å². The molecule has 4 unspecified atom stereocenters. The first-order chi connectivity index (χ1) is 17.7. The number of carbonyl (C=O) groups excluding carboxylic acids is 1. The molecule has 2 fully saturated rings. The van der Waals surface area contributed by atoms with Gasteiger partial charge in [-0.25, -0.2) is 4.79 Å². The zero-order valence-electron chi connectivity index (χ0n) is 19.7. The van der Waals surface area contributed by atoms with E-state index in [1.54, 1.807) is 0 Å². The topological polar surface area (TPSA) is 82.0 Å². The van der Waals surface area contributed by atoms with Gasteiger partial charge in [0.2, 0.25) is 0 Å². The molecule has 8 nitrogen and oxygen atoms in total. The monoisotopic (exact) mass is 485 g/mol. The Morgan fingerprint density at radius 1 is 0.833 bits per heavy atom. The molecule has 0 aromatic heterocycles. The molecule has 3 aromatic carbocycles. The minimum Gasteiger partial charge on any atom is -0.443 e. The van der Waals surface area contributed by atoms with Crippen LogP contribution in [0, 0.1) is 0 Å². The van der Waals surface area contributed by atoms with Gasteiger partial charge in [0.25, 0.3) is 0 Å². The van der Waals surface area contributed by atoms with Crippen LogP contribution in [-0.4, -0.2) is 41.2 Å². The van der Waals surface area contributed by atoms with Crippen molar-refractivity contribution in [1.82, 2.24) is 5.01 Å². The van der Waals surface area contributed by atoms with Gasteiger partial charge in [0.15, 0.2) is 5.79 Å². The summed E-state index contributed by atoms with van der Waals surface area (Å²) >= 11 is 0. The van der Waals surface area contributed by atoms with Crippen LogP contribution in [0.2, 0.25) is 0 Å². The summed E-state index contributed by atoms with van der Waals surface area (Å²) in [6.45, 7) is 0.918. The number of hydrogen-bond donors (Lipinski definition) is 0. The molecule has 0 aliphatic carbocycles. The van der Waals surface area contributed by atoms with E-state index in [0.717, 1.165) is 16.7 Å². The minimum absolute atomic E-state index is 0.169. The Morgan fingerprint density at radius 3 is 1.92 bits per heavy atom. The lowest BCUT2D eigenvalue weighted by molar-refractivity contribution is -0.274. The van der Waals surface area contributed by atoms with Crippen LogP contribution in [0.5, 0.6) is 0 Å². The van der Waals surface area contributed by atoms with E-state index in [0.29, 0.717) is 19.6 Å². The Hall–Kier alpha value is -3.59. The van der Waals surface area contributed by atoms with Crippen LogP contribution in [0.1, 0.15) is 23.1 Å². The molecule has 2 bridgehead atoms. The Bertz CT molecular complexity index is 1160. The fourth-order valence-corrected chi connectivity index (χ4v) is 5.11. The van der Waals surface area contributed by atoms with Gasteiger partial charge >= 0.3 is 6.09 Å². The van der Waals surface area contributed by atoms with Gasteiger partial charge in [-0.05, 0) is 16.7 Å². The van der Waals surface area contributed by atoms with E-state index in [4.69, 9.17) is 18.9 Å². The van der Waals surface area contributed by atoms with Crippen molar-refractivity contribution in [2.45, 2.75) is 56.3 Å². The number of ether oxygens (including phenoxy) is 4. The highest BCUT2D eigenvalue weighted by atomic mass is 16.7. The summed E-state index contributed by atoms with van der Waals surface area (Å²) in [5, 5.41) is 9.89. The first-order valence-electron chi connectivity index (χ1n) is 12.1. The highest BCUT2D eigenvalue weighted by Crippen LogP contribution is 2.50. The van der Waals surface area contributed by atoms with Crippen molar-refractivity contribution in [3.63, 3.8) is 0 Å². The van der Waals surface area contributed by atoms with Gasteiger partial charge in [0.05, 0.1) is 19.3 Å². The number of amides is 1. The van der Waals surface area contributed by atoms with Gasteiger partial charge in [-0.1, -0.05) is 96.2 Å². The van der Waals surface area contributed by atoms with E-state index in [1.807, 2.05) is 91.0 Å². The standard InChI is InChI=1S/C28H27N3O5/c32-27(33-17-20-10-4-1-5-11-20)31-25-23-16-28(26(36-23)24(25)29-30-31,34-18-21-12-6-2-7-13-21)35-19-22-14-8-3-9-15-22/h1-15,23-26H,16-19H2. The third-order valence-electron chi connectivity index (χ3n) is 6.89. The van der Waals surface area contributed by atoms with Crippen molar-refractivity contribution >= 4 is 6.09 Å². The lowest BCUT2D eigenvalue weighted by atomic mass is 9.86. The number of hydrogen-bond acceptors (Lipinski definition) is 7. The molecule has 184 valence electrons. The Kier molecular flexibility index (Phi) is 6.23. The number of benzene rings is 3. The second-order valence-corrected chi connectivity index (χ2v) is 9.23. The van der Waals surface area contributed by atoms with Crippen molar-refractivity contribution in [3.8, 4) is 0 Å². The molecule has 8 heteroatoms. The van der Waals surface area contributed by atoms with E-state index >= 15 is 0 Å². The molecule has 36 heavy (non-hydrogen) atoms. The van der Waals surface area contributed by atoms with Crippen LogP contribution in [0.25, 0.3) is 0 Å².